The molecule has 98 valence electrons. The molecule has 1 amide bonds. The van der Waals surface area contributed by atoms with Gasteiger partial charge in [0.2, 0.25) is 0 Å². The Hall–Kier alpha value is -1.55. The van der Waals surface area contributed by atoms with Crippen molar-refractivity contribution in [2.45, 2.75) is 26.4 Å². The lowest BCUT2D eigenvalue weighted by Crippen LogP contribution is -2.46. The average molecular weight is 249 g/mol. The number of nitrogens with zero attached hydrogens (tertiary/aromatic N) is 1. The summed E-state index contributed by atoms with van der Waals surface area (Å²) in [5.41, 5.74) is 1.10. The van der Waals surface area contributed by atoms with Crippen LogP contribution in [0.5, 0.6) is 5.75 Å². The molecule has 2 unspecified atom stereocenters. The van der Waals surface area contributed by atoms with Gasteiger partial charge in [0.1, 0.15) is 5.75 Å². The maximum absolute atomic E-state index is 12.3. The first-order valence-electron chi connectivity index (χ1n) is 6.26. The molecule has 2 rings (SSSR count). The summed E-state index contributed by atoms with van der Waals surface area (Å²) < 4.78 is 0. The molecule has 2 N–H and O–H groups in total. The zero-order valence-corrected chi connectivity index (χ0v) is 10.8. The standard InChI is InChI=1S/C14H19NO3/c1-9-6-7-15(8-13(9)17)14(18)11-4-3-5-12(16)10(11)2/h3-5,9,13,16-17H,6-8H2,1-2H3. The number of benzene rings is 1. The molecule has 1 aromatic rings. The van der Waals surface area contributed by atoms with Crippen molar-refractivity contribution in [1.29, 1.82) is 0 Å². The van der Waals surface area contributed by atoms with Gasteiger partial charge in [-0.05, 0) is 31.4 Å². The molecule has 0 radical (unpaired) electrons. The fourth-order valence-electron chi connectivity index (χ4n) is 2.26. The summed E-state index contributed by atoms with van der Waals surface area (Å²) in [7, 11) is 0. The van der Waals surface area contributed by atoms with Crippen LogP contribution in [-0.2, 0) is 0 Å². The molecule has 2 atom stereocenters. The second-order valence-corrected chi connectivity index (χ2v) is 5.03. The molecule has 0 saturated carbocycles. The summed E-state index contributed by atoms with van der Waals surface area (Å²) in [5.74, 6) is 0.250. The van der Waals surface area contributed by atoms with Crippen molar-refractivity contribution in [2.24, 2.45) is 5.92 Å². The van der Waals surface area contributed by atoms with Gasteiger partial charge in [-0.2, -0.15) is 0 Å². The summed E-state index contributed by atoms with van der Waals surface area (Å²) in [6.07, 6.45) is 0.352. The zero-order chi connectivity index (χ0) is 13.3. The van der Waals surface area contributed by atoms with E-state index in [1.165, 1.54) is 0 Å². The molecular formula is C14H19NO3. The molecule has 1 saturated heterocycles. The smallest absolute Gasteiger partial charge is 0.254 e. The topological polar surface area (TPSA) is 60.8 Å². The van der Waals surface area contributed by atoms with E-state index in [0.29, 0.717) is 24.2 Å². The number of aromatic hydroxyl groups is 1. The van der Waals surface area contributed by atoms with E-state index < -0.39 is 6.10 Å². The summed E-state index contributed by atoms with van der Waals surface area (Å²) in [4.78, 5) is 14.0. The van der Waals surface area contributed by atoms with Gasteiger partial charge in [0.05, 0.1) is 6.10 Å². The number of amides is 1. The number of β-amino-alcohol motifs (C(OH)–C–C–N with tert-alkyl or cyclic N) is 1. The third-order valence-electron chi connectivity index (χ3n) is 3.74. The van der Waals surface area contributed by atoms with Crippen LogP contribution in [0, 0.1) is 12.8 Å². The molecule has 0 aliphatic carbocycles. The highest BCUT2D eigenvalue weighted by Gasteiger charge is 2.28. The van der Waals surface area contributed by atoms with E-state index >= 15 is 0 Å². The number of phenols is 1. The van der Waals surface area contributed by atoms with Crippen molar-refractivity contribution in [3.8, 4) is 5.75 Å². The third kappa shape index (κ3) is 2.34. The van der Waals surface area contributed by atoms with Crippen LogP contribution in [0.15, 0.2) is 18.2 Å². The molecule has 4 heteroatoms. The minimum atomic E-state index is -0.458. The van der Waals surface area contributed by atoms with Crippen LogP contribution < -0.4 is 0 Å². The van der Waals surface area contributed by atoms with Crippen LogP contribution in [0.3, 0.4) is 0 Å². The van der Waals surface area contributed by atoms with Crippen molar-refractivity contribution in [1.82, 2.24) is 4.90 Å². The Kier molecular flexibility index (Phi) is 3.57. The van der Waals surface area contributed by atoms with Crippen molar-refractivity contribution in [2.75, 3.05) is 13.1 Å². The van der Waals surface area contributed by atoms with Gasteiger partial charge >= 0.3 is 0 Å². The molecule has 1 heterocycles. The second kappa shape index (κ2) is 4.98. The first kappa shape index (κ1) is 12.9. The van der Waals surface area contributed by atoms with Crippen molar-refractivity contribution >= 4 is 5.91 Å². The zero-order valence-electron chi connectivity index (χ0n) is 10.8. The first-order chi connectivity index (χ1) is 8.50. The van der Waals surface area contributed by atoms with Crippen molar-refractivity contribution in [3.05, 3.63) is 29.3 Å². The van der Waals surface area contributed by atoms with Crippen LogP contribution in [0.25, 0.3) is 0 Å². The first-order valence-corrected chi connectivity index (χ1v) is 6.26. The lowest BCUT2D eigenvalue weighted by atomic mass is 9.95. The van der Waals surface area contributed by atoms with Crippen LogP contribution in [0.1, 0.15) is 29.3 Å². The van der Waals surface area contributed by atoms with E-state index in [-0.39, 0.29) is 17.6 Å². The largest absolute Gasteiger partial charge is 0.508 e. The highest BCUT2D eigenvalue weighted by atomic mass is 16.3. The molecule has 1 aliphatic rings. The number of carbonyl (C=O) groups excluding carboxylic acids is 1. The highest BCUT2D eigenvalue weighted by Crippen LogP contribution is 2.23. The third-order valence-corrected chi connectivity index (χ3v) is 3.74. The van der Waals surface area contributed by atoms with E-state index in [1.807, 2.05) is 6.92 Å². The SMILES string of the molecule is Cc1c(O)cccc1C(=O)N1CCC(C)C(O)C1. The Labute approximate surface area is 107 Å². The van der Waals surface area contributed by atoms with Gasteiger partial charge < -0.3 is 15.1 Å². The molecule has 0 aromatic heterocycles. The van der Waals surface area contributed by atoms with E-state index in [4.69, 9.17) is 0 Å². The molecule has 18 heavy (non-hydrogen) atoms. The monoisotopic (exact) mass is 249 g/mol. The molecule has 1 aromatic carbocycles. The number of aliphatic hydroxyl groups excluding tert-OH is 1. The Morgan fingerprint density at radius 2 is 2.17 bits per heavy atom. The van der Waals surface area contributed by atoms with Crippen molar-refractivity contribution in [3.63, 3.8) is 0 Å². The second-order valence-electron chi connectivity index (χ2n) is 5.03. The van der Waals surface area contributed by atoms with Crippen LogP contribution in [0.4, 0.5) is 0 Å². The van der Waals surface area contributed by atoms with Gasteiger partial charge in [-0.25, -0.2) is 0 Å². The Bertz CT molecular complexity index is 458. The van der Waals surface area contributed by atoms with Gasteiger partial charge in [-0.3, -0.25) is 4.79 Å². The van der Waals surface area contributed by atoms with Crippen LogP contribution >= 0.6 is 0 Å². The number of rotatable bonds is 1. The Balaban J connectivity index is 2.19. The van der Waals surface area contributed by atoms with Gasteiger partial charge in [-0.1, -0.05) is 13.0 Å². The Morgan fingerprint density at radius 3 is 2.83 bits per heavy atom. The van der Waals surface area contributed by atoms with Gasteiger partial charge in [0.25, 0.3) is 5.91 Å². The summed E-state index contributed by atoms with van der Waals surface area (Å²) in [5, 5.41) is 19.4. The molecule has 4 nitrogen and oxygen atoms in total. The predicted octanol–water partition coefficient (Wildman–Crippen LogP) is 1.54. The lowest BCUT2D eigenvalue weighted by molar-refractivity contribution is 0.0248. The summed E-state index contributed by atoms with van der Waals surface area (Å²) >= 11 is 0. The van der Waals surface area contributed by atoms with E-state index in [9.17, 15) is 15.0 Å². The highest BCUT2D eigenvalue weighted by molar-refractivity contribution is 5.96. The van der Waals surface area contributed by atoms with E-state index in [0.717, 1.165) is 6.42 Å². The maximum Gasteiger partial charge on any atom is 0.254 e. The average Bonchev–Trinajstić information content (AvgIpc) is 2.35. The predicted molar refractivity (Wildman–Crippen MR) is 68.5 cm³/mol. The fraction of sp³-hybridized carbons (Fsp3) is 0.500. The number of likely N-dealkylation sites (tertiary alicyclic amines) is 1. The normalized spacial score (nSPS) is 24.1. The number of carbonyl (C=O) groups is 1. The lowest BCUT2D eigenvalue weighted by Gasteiger charge is -2.34. The number of aliphatic hydroxyl groups is 1. The number of hydrogen-bond acceptors (Lipinski definition) is 3. The number of piperidine rings is 1. The minimum absolute atomic E-state index is 0.116. The molecule has 0 bridgehead atoms. The molecule has 1 aliphatic heterocycles. The maximum atomic E-state index is 12.3. The summed E-state index contributed by atoms with van der Waals surface area (Å²) in [6, 6.07) is 4.94. The quantitative estimate of drug-likeness (QED) is 0.793. The number of phenolic OH excluding ortho intramolecular Hbond substituents is 1. The van der Waals surface area contributed by atoms with Gasteiger partial charge in [0.15, 0.2) is 0 Å². The number of hydrogen-bond donors (Lipinski definition) is 2. The molecule has 1 fully saturated rings. The van der Waals surface area contributed by atoms with Gasteiger partial charge in [-0.15, -0.1) is 0 Å². The van der Waals surface area contributed by atoms with E-state index in [2.05, 4.69) is 0 Å². The fourth-order valence-corrected chi connectivity index (χ4v) is 2.26. The van der Waals surface area contributed by atoms with Crippen LogP contribution in [0.2, 0.25) is 0 Å². The minimum Gasteiger partial charge on any atom is -0.508 e. The van der Waals surface area contributed by atoms with E-state index in [1.54, 1.807) is 30.0 Å². The molecular weight excluding hydrogens is 230 g/mol. The van der Waals surface area contributed by atoms with Crippen LogP contribution in [-0.4, -0.2) is 40.2 Å². The molecule has 0 spiro atoms. The Morgan fingerprint density at radius 1 is 1.44 bits per heavy atom. The van der Waals surface area contributed by atoms with Gasteiger partial charge in [0, 0.05) is 24.2 Å². The summed E-state index contributed by atoms with van der Waals surface area (Å²) in [6.45, 7) is 4.75. The van der Waals surface area contributed by atoms with Crippen molar-refractivity contribution < 1.29 is 15.0 Å².